The summed E-state index contributed by atoms with van der Waals surface area (Å²) in [6, 6.07) is 8.96. The predicted octanol–water partition coefficient (Wildman–Crippen LogP) is 1.20. The minimum absolute atomic E-state index is 1.05. The predicted molar refractivity (Wildman–Crippen MR) is 73.8 cm³/mol. The van der Waals surface area contributed by atoms with Crippen LogP contribution in [0.2, 0.25) is 0 Å². The second-order valence-electron chi connectivity index (χ2n) is 4.81. The summed E-state index contributed by atoms with van der Waals surface area (Å²) < 4.78 is 0. The Morgan fingerprint density at radius 2 is 1.94 bits per heavy atom. The van der Waals surface area contributed by atoms with Gasteiger partial charge >= 0.3 is 0 Å². The van der Waals surface area contributed by atoms with E-state index >= 15 is 0 Å². The first-order valence-electron chi connectivity index (χ1n) is 6.46. The van der Waals surface area contributed by atoms with Gasteiger partial charge in [0.2, 0.25) is 0 Å². The first-order valence-corrected chi connectivity index (χ1v) is 6.46. The van der Waals surface area contributed by atoms with Gasteiger partial charge < -0.3 is 15.1 Å². The fourth-order valence-corrected chi connectivity index (χ4v) is 2.24. The van der Waals surface area contributed by atoms with Crippen molar-refractivity contribution in [2.75, 3.05) is 51.7 Å². The molecule has 0 bridgehead atoms. The fourth-order valence-electron chi connectivity index (χ4n) is 2.24. The minimum atomic E-state index is 1.05. The van der Waals surface area contributed by atoms with Gasteiger partial charge in [-0.1, -0.05) is 12.1 Å². The highest BCUT2D eigenvalue weighted by molar-refractivity contribution is 5.49. The molecular weight excluding hydrogens is 210 g/mol. The summed E-state index contributed by atoms with van der Waals surface area (Å²) in [7, 11) is 4.20. The molecule has 1 aromatic carbocycles. The Hall–Kier alpha value is -1.06. The molecule has 1 heterocycles. The van der Waals surface area contributed by atoms with Crippen LogP contribution in [0.25, 0.3) is 0 Å². The van der Waals surface area contributed by atoms with Crippen LogP contribution in [0.5, 0.6) is 0 Å². The van der Waals surface area contributed by atoms with Crippen molar-refractivity contribution in [3.8, 4) is 0 Å². The maximum absolute atomic E-state index is 3.20. The van der Waals surface area contributed by atoms with Crippen LogP contribution in [0.15, 0.2) is 24.3 Å². The summed E-state index contributed by atoms with van der Waals surface area (Å²) in [4.78, 5) is 4.88. The number of hydrogen-bond acceptors (Lipinski definition) is 3. The molecule has 1 fully saturated rings. The van der Waals surface area contributed by atoms with E-state index in [1.54, 1.807) is 0 Å². The van der Waals surface area contributed by atoms with Crippen LogP contribution in [0.4, 0.5) is 5.69 Å². The van der Waals surface area contributed by atoms with Crippen LogP contribution in [0, 0.1) is 0 Å². The van der Waals surface area contributed by atoms with E-state index in [-0.39, 0.29) is 0 Å². The number of nitrogens with zero attached hydrogens (tertiary/aromatic N) is 2. The van der Waals surface area contributed by atoms with Gasteiger partial charge in [0.25, 0.3) is 0 Å². The molecule has 0 radical (unpaired) electrons. The molecule has 0 aromatic heterocycles. The highest BCUT2D eigenvalue weighted by atomic mass is 15.2. The summed E-state index contributed by atoms with van der Waals surface area (Å²) in [6.45, 7) is 5.67. The number of hydrogen-bond donors (Lipinski definition) is 1. The quantitative estimate of drug-likeness (QED) is 0.843. The van der Waals surface area contributed by atoms with Crippen molar-refractivity contribution in [1.82, 2.24) is 10.2 Å². The maximum atomic E-state index is 3.20. The second-order valence-corrected chi connectivity index (χ2v) is 4.81. The van der Waals surface area contributed by atoms with Gasteiger partial charge in [-0.15, -0.1) is 0 Å². The number of anilines is 1. The molecule has 94 valence electrons. The summed E-state index contributed by atoms with van der Waals surface area (Å²) in [6.07, 6.45) is 1.11. The minimum Gasteiger partial charge on any atom is -0.369 e. The molecule has 0 aliphatic carbocycles. The van der Waals surface area contributed by atoms with Crippen molar-refractivity contribution >= 4 is 5.69 Å². The molecule has 1 N–H and O–H groups in total. The highest BCUT2D eigenvalue weighted by Gasteiger charge is 2.14. The molecule has 3 nitrogen and oxygen atoms in total. The van der Waals surface area contributed by atoms with Gasteiger partial charge in [-0.05, 0) is 44.8 Å². The molecule has 1 aliphatic heterocycles. The lowest BCUT2D eigenvalue weighted by Gasteiger charge is -2.34. The summed E-state index contributed by atoms with van der Waals surface area (Å²) in [5, 5.41) is 3.20. The zero-order chi connectivity index (χ0) is 12.1. The molecule has 0 spiro atoms. The van der Waals surface area contributed by atoms with Crippen molar-refractivity contribution in [2.45, 2.75) is 6.42 Å². The summed E-state index contributed by atoms with van der Waals surface area (Å²) >= 11 is 0. The average molecular weight is 233 g/mol. The summed E-state index contributed by atoms with van der Waals surface area (Å²) in [5.41, 5.74) is 2.81. The van der Waals surface area contributed by atoms with E-state index in [2.05, 4.69) is 46.4 Å². The molecular formula is C14H23N3. The van der Waals surface area contributed by atoms with Gasteiger partial charge in [0, 0.05) is 31.9 Å². The molecule has 3 heteroatoms. The van der Waals surface area contributed by atoms with Gasteiger partial charge in [-0.2, -0.15) is 0 Å². The first kappa shape index (κ1) is 12.4. The van der Waals surface area contributed by atoms with Crippen LogP contribution >= 0.6 is 0 Å². The monoisotopic (exact) mass is 233 g/mol. The molecule has 0 unspecified atom stereocenters. The first-order chi connectivity index (χ1) is 8.29. The van der Waals surface area contributed by atoms with Gasteiger partial charge in [-0.25, -0.2) is 0 Å². The molecule has 1 aliphatic rings. The number of benzene rings is 1. The van der Waals surface area contributed by atoms with E-state index in [4.69, 9.17) is 0 Å². The van der Waals surface area contributed by atoms with E-state index in [0.29, 0.717) is 0 Å². The van der Waals surface area contributed by atoms with Gasteiger partial charge in [-0.3, -0.25) is 0 Å². The Morgan fingerprint density at radius 1 is 1.18 bits per heavy atom. The van der Waals surface area contributed by atoms with Crippen molar-refractivity contribution in [3.63, 3.8) is 0 Å². The third kappa shape index (κ3) is 3.45. The summed E-state index contributed by atoms with van der Waals surface area (Å²) in [5.74, 6) is 0. The molecule has 2 rings (SSSR count). The zero-order valence-electron chi connectivity index (χ0n) is 10.9. The van der Waals surface area contributed by atoms with Gasteiger partial charge in [0.05, 0.1) is 0 Å². The molecule has 1 saturated heterocycles. The molecule has 0 atom stereocenters. The standard InChI is InChI=1S/C14H23N3/c1-15-7-6-13-4-3-5-14(12-13)17-10-8-16(2)9-11-17/h3-5,12,15H,6-11H2,1-2H3. The third-order valence-corrected chi connectivity index (χ3v) is 3.44. The topological polar surface area (TPSA) is 18.5 Å². The fraction of sp³-hybridized carbons (Fsp3) is 0.571. The van der Waals surface area contributed by atoms with Crippen LogP contribution in [-0.4, -0.2) is 51.7 Å². The van der Waals surface area contributed by atoms with E-state index < -0.39 is 0 Å². The van der Waals surface area contributed by atoms with Crippen molar-refractivity contribution in [3.05, 3.63) is 29.8 Å². The SMILES string of the molecule is CNCCc1cccc(N2CCN(C)CC2)c1. The molecule has 17 heavy (non-hydrogen) atoms. The maximum Gasteiger partial charge on any atom is 0.0369 e. The molecule has 0 saturated carbocycles. The normalized spacial score (nSPS) is 17.4. The lowest BCUT2D eigenvalue weighted by atomic mass is 10.1. The number of piperazine rings is 1. The van der Waals surface area contributed by atoms with Crippen molar-refractivity contribution in [1.29, 1.82) is 0 Å². The van der Waals surface area contributed by atoms with E-state index in [0.717, 1.165) is 26.1 Å². The molecule has 0 amide bonds. The van der Waals surface area contributed by atoms with Crippen LogP contribution < -0.4 is 10.2 Å². The van der Waals surface area contributed by atoms with Crippen molar-refractivity contribution in [2.24, 2.45) is 0 Å². The average Bonchev–Trinajstić information content (AvgIpc) is 2.37. The Balaban J connectivity index is 2.00. The van der Waals surface area contributed by atoms with E-state index in [1.807, 2.05) is 7.05 Å². The van der Waals surface area contributed by atoms with E-state index in [1.165, 1.54) is 24.3 Å². The Kier molecular flexibility index (Phi) is 4.40. The van der Waals surface area contributed by atoms with Gasteiger partial charge in [0.1, 0.15) is 0 Å². The third-order valence-electron chi connectivity index (χ3n) is 3.44. The molecule has 1 aromatic rings. The van der Waals surface area contributed by atoms with Crippen LogP contribution in [-0.2, 0) is 6.42 Å². The highest BCUT2D eigenvalue weighted by Crippen LogP contribution is 2.18. The number of rotatable bonds is 4. The Bertz CT molecular complexity index is 343. The van der Waals surface area contributed by atoms with Gasteiger partial charge in [0.15, 0.2) is 0 Å². The lowest BCUT2D eigenvalue weighted by Crippen LogP contribution is -2.44. The zero-order valence-corrected chi connectivity index (χ0v) is 10.9. The number of nitrogens with one attached hydrogen (secondary N) is 1. The van der Waals surface area contributed by atoms with Crippen LogP contribution in [0.1, 0.15) is 5.56 Å². The number of likely N-dealkylation sites (N-methyl/N-ethyl adjacent to an activating group) is 2. The smallest absolute Gasteiger partial charge is 0.0369 e. The largest absolute Gasteiger partial charge is 0.369 e. The van der Waals surface area contributed by atoms with Crippen molar-refractivity contribution < 1.29 is 0 Å². The van der Waals surface area contributed by atoms with Crippen LogP contribution in [0.3, 0.4) is 0 Å². The lowest BCUT2D eigenvalue weighted by molar-refractivity contribution is 0.313. The second kappa shape index (κ2) is 6.03. The Labute approximate surface area is 104 Å². The van der Waals surface area contributed by atoms with E-state index in [9.17, 15) is 0 Å². The Morgan fingerprint density at radius 3 is 2.65 bits per heavy atom.